The lowest BCUT2D eigenvalue weighted by Gasteiger charge is -2.12. The minimum Gasteiger partial charge on any atom is -0.477 e. The molecule has 6 nitrogen and oxygen atoms in total. The normalized spacial score (nSPS) is 13.8. The van der Waals surface area contributed by atoms with Gasteiger partial charge in [-0.2, -0.15) is 0 Å². The number of ketones is 1. The van der Waals surface area contributed by atoms with Crippen molar-refractivity contribution in [1.29, 1.82) is 0 Å². The molecule has 4 aromatic rings. The number of carbonyl (C=O) groups is 2. The van der Waals surface area contributed by atoms with Crippen molar-refractivity contribution in [1.82, 2.24) is 4.57 Å². The number of aromatic nitrogens is 1. The van der Waals surface area contributed by atoms with Gasteiger partial charge in [0.1, 0.15) is 22.9 Å². The fraction of sp³-hybridized carbons (Fsp3) is 0.120. The molecule has 166 valence electrons. The summed E-state index contributed by atoms with van der Waals surface area (Å²) < 4.78 is 36.4. The van der Waals surface area contributed by atoms with E-state index < -0.39 is 17.6 Å². The average molecular weight is 448 g/mol. The molecule has 0 radical (unpaired) electrons. The number of nitrogens with two attached hydrogens (primary N) is 1. The largest absolute Gasteiger partial charge is 0.477 e. The number of hydrogen-bond acceptors (Lipinski definition) is 4. The van der Waals surface area contributed by atoms with Gasteiger partial charge in [-0.05, 0) is 29.8 Å². The SMILES string of the molecule is NCc1ccc(F)c(Cn2c(C(=O)O)c(C3=CC=CCC3=O)c3c4occc4c(F)cc32)c1. The smallest absolute Gasteiger partial charge is 0.353 e. The van der Waals surface area contributed by atoms with Crippen LogP contribution < -0.4 is 5.73 Å². The highest BCUT2D eigenvalue weighted by atomic mass is 19.1. The Bertz CT molecular complexity index is 1520. The molecule has 1 aliphatic carbocycles. The van der Waals surface area contributed by atoms with Crippen LogP contribution in [0.3, 0.4) is 0 Å². The van der Waals surface area contributed by atoms with Gasteiger partial charge in [0.2, 0.25) is 0 Å². The van der Waals surface area contributed by atoms with Crippen LogP contribution in [-0.4, -0.2) is 21.4 Å². The maximum absolute atomic E-state index is 14.9. The van der Waals surface area contributed by atoms with Crippen molar-refractivity contribution < 1.29 is 27.9 Å². The minimum atomic E-state index is -1.33. The molecule has 0 amide bonds. The van der Waals surface area contributed by atoms with E-state index >= 15 is 0 Å². The van der Waals surface area contributed by atoms with E-state index in [0.29, 0.717) is 10.9 Å². The van der Waals surface area contributed by atoms with Crippen LogP contribution in [0.25, 0.3) is 27.4 Å². The Morgan fingerprint density at radius 1 is 1.18 bits per heavy atom. The van der Waals surface area contributed by atoms with Gasteiger partial charge in [-0.25, -0.2) is 13.6 Å². The topological polar surface area (TPSA) is 98.5 Å². The van der Waals surface area contributed by atoms with Crippen LogP contribution in [0.4, 0.5) is 8.78 Å². The maximum Gasteiger partial charge on any atom is 0.353 e. The first-order valence-electron chi connectivity index (χ1n) is 10.2. The van der Waals surface area contributed by atoms with E-state index in [1.54, 1.807) is 24.3 Å². The van der Waals surface area contributed by atoms with Crippen LogP contribution in [0.2, 0.25) is 0 Å². The van der Waals surface area contributed by atoms with Gasteiger partial charge in [-0.3, -0.25) is 4.79 Å². The molecule has 0 spiro atoms. The van der Waals surface area contributed by atoms with E-state index in [0.717, 1.165) is 0 Å². The van der Waals surface area contributed by atoms with Crippen LogP contribution >= 0.6 is 0 Å². The van der Waals surface area contributed by atoms with Crippen molar-refractivity contribution in [3.63, 3.8) is 0 Å². The highest BCUT2D eigenvalue weighted by molar-refractivity contribution is 6.29. The Morgan fingerprint density at radius 2 is 2.00 bits per heavy atom. The highest BCUT2D eigenvalue weighted by Crippen LogP contribution is 2.40. The molecular weight excluding hydrogens is 430 g/mol. The number of nitrogens with zero attached hydrogens (tertiary/aromatic N) is 1. The van der Waals surface area contributed by atoms with E-state index in [4.69, 9.17) is 10.2 Å². The Kier molecular flexibility index (Phi) is 4.94. The van der Waals surface area contributed by atoms with E-state index in [9.17, 15) is 23.5 Å². The molecule has 3 N–H and O–H groups in total. The number of aromatic carboxylic acids is 1. The molecule has 0 atom stereocenters. The third-order valence-electron chi connectivity index (χ3n) is 5.87. The molecule has 1 aliphatic rings. The van der Waals surface area contributed by atoms with Gasteiger partial charge in [-0.15, -0.1) is 0 Å². The van der Waals surface area contributed by atoms with Crippen LogP contribution in [0.15, 0.2) is 59.2 Å². The van der Waals surface area contributed by atoms with Gasteiger partial charge in [-0.1, -0.05) is 24.3 Å². The van der Waals surface area contributed by atoms with E-state index in [2.05, 4.69) is 0 Å². The van der Waals surface area contributed by atoms with E-state index in [1.807, 2.05) is 0 Å². The molecule has 0 bridgehead atoms. The van der Waals surface area contributed by atoms with Crippen molar-refractivity contribution in [3.8, 4) is 0 Å². The second kappa shape index (κ2) is 7.83. The summed E-state index contributed by atoms with van der Waals surface area (Å²) in [4.78, 5) is 25.3. The molecule has 0 saturated heterocycles. The zero-order valence-electron chi connectivity index (χ0n) is 17.3. The number of rotatable bonds is 5. The Hall–Kier alpha value is -4.04. The summed E-state index contributed by atoms with van der Waals surface area (Å²) in [5, 5.41) is 10.6. The lowest BCUT2D eigenvalue weighted by Crippen LogP contribution is -2.14. The molecule has 0 saturated carbocycles. The fourth-order valence-corrected chi connectivity index (χ4v) is 4.37. The summed E-state index contributed by atoms with van der Waals surface area (Å²) in [6, 6.07) is 6.97. The lowest BCUT2D eigenvalue weighted by molar-refractivity contribution is -0.113. The average Bonchev–Trinajstić information content (AvgIpc) is 3.39. The lowest BCUT2D eigenvalue weighted by atomic mass is 9.93. The quantitative estimate of drug-likeness (QED) is 0.458. The van der Waals surface area contributed by atoms with Crippen LogP contribution in [0.5, 0.6) is 0 Å². The summed E-state index contributed by atoms with van der Waals surface area (Å²) in [6.45, 7) is -0.0348. The molecule has 0 unspecified atom stereocenters. The molecule has 2 aromatic heterocycles. The Balaban J connectivity index is 1.90. The second-order valence-electron chi connectivity index (χ2n) is 7.80. The number of furan rings is 1. The van der Waals surface area contributed by atoms with Crippen molar-refractivity contribution in [2.45, 2.75) is 19.5 Å². The Labute approximate surface area is 186 Å². The van der Waals surface area contributed by atoms with Crippen LogP contribution in [-0.2, 0) is 17.9 Å². The van der Waals surface area contributed by atoms with Gasteiger partial charge in [0, 0.05) is 29.7 Å². The van der Waals surface area contributed by atoms with Gasteiger partial charge < -0.3 is 19.8 Å². The monoisotopic (exact) mass is 448 g/mol. The van der Waals surface area contributed by atoms with Gasteiger partial charge in [0.05, 0.1) is 29.1 Å². The van der Waals surface area contributed by atoms with Crippen molar-refractivity contribution >= 4 is 39.2 Å². The predicted molar refractivity (Wildman–Crippen MR) is 119 cm³/mol. The van der Waals surface area contributed by atoms with Crippen molar-refractivity contribution in [2.75, 3.05) is 0 Å². The minimum absolute atomic E-state index is 0.104. The number of halogens is 2. The number of carbonyl (C=O) groups excluding carboxylic acids is 1. The summed E-state index contributed by atoms with van der Waals surface area (Å²) in [5.74, 6) is -2.78. The first-order valence-corrected chi connectivity index (χ1v) is 10.2. The molecule has 0 fully saturated rings. The van der Waals surface area contributed by atoms with Crippen molar-refractivity contribution in [3.05, 3.63) is 88.8 Å². The highest BCUT2D eigenvalue weighted by Gasteiger charge is 2.31. The van der Waals surface area contributed by atoms with Crippen molar-refractivity contribution in [2.24, 2.45) is 5.73 Å². The molecule has 0 aliphatic heterocycles. The van der Waals surface area contributed by atoms with Gasteiger partial charge in [0.15, 0.2) is 5.78 Å². The first-order chi connectivity index (χ1) is 15.9. The summed E-state index contributed by atoms with van der Waals surface area (Å²) in [6.07, 6.45) is 6.27. The molecule has 2 aromatic carbocycles. The summed E-state index contributed by atoms with van der Waals surface area (Å²) in [7, 11) is 0. The molecule has 8 heteroatoms. The van der Waals surface area contributed by atoms with Crippen LogP contribution in [0.1, 0.15) is 33.6 Å². The first kappa shape index (κ1) is 20.8. The third-order valence-corrected chi connectivity index (χ3v) is 5.87. The summed E-state index contributed by atoms with van der Waals surface area (Å²) >= 11 is 0. The third kappa shape index (κ3) is 3.27. The molecule has 2 heterocycles. The fourth-order valence-electron chi connectivity index (χ4n) is 4.37. The standard InChI is InChI=1S/C25H18F2N2O4/c26-17-6-5-13(11-28)9-14(17)12-29-19-10-18(27)15-7-8-33-24(15)22(19)21(23(29)25(31)32)16-3-1-2-4-20(16)30/h1-3,5-10H,4,11-12,28H2,(H,31,32). The van der Waals surface area contributed by atoms with Gasteiger partial charge in [0.25, 0.3) is 0 Å². The molecule has 33 heavy (non-hydrogen) atoms. The number of fused-ring (bicyclic) bond motifs is 3. The Morgan fingerprint density at radius 3 is 2.73 bits per heavy atom. The number of allylic oxidation sites excluding steroid dienone is 4. The molecule has 5 rings (SSSR count). The number of benzene rings is 2. The van der Waals surface area contributed by atoms with Crippen LogP contribution in [0, 0.1) is 11.6 Å². The number of carboxylic acid groups (broad SMARTS) is 1. The zero-order chi connectivity index (χ0) is 23.3. The zero-order valence-corrected chi connectivity index (χ0v) is 17.3. The van der Waals surface area contributed by atoms with E-state index in [-0.39, 0.29) is 64.2 Å². The van der Waals surface area contributed by atoms with E-state index in [1.165, 1.54) is 35.1 Å². The number of Topliss-reactive ketones (excluding diaryl/α,β-unsaturated/α-hetero) is 1. The number of hydrogen-bond donors (Lipinski definition) is 2. The number of carboxylic acids is 1. The van der Waals surface area contributed by atoms with Gasteiger partial charge >= 0.3 is 5.97 Å². The predicted octanol–water partition coefficient (Wildman–Crippen LogP) is 4.78. The second-order valence-corrected chi connectivity index (χ2v) is 7.80. The maximum atomic E-state index is 14.9. The molecular formula is C25H18F2N2O4. The summed E-state index contributed by atoms with van der Waals surface area (Å²) in [5.41, 5.74) is 6.90.